The van der Waals surface area contributed by atoms with Gasteiger partial charge in [-0.15, -0.1) is 0 Å². The standard InChI is InChI=1S/C11H14N4/c1-9(11-13-6-7-15(11)2)14-10-4-3-5-12-8-10/h3-9,14H,1-2H3. The van der Waals surface area contributed by atoms with Crippen molar-refractivity contribution in [3.63, 3.8) is 0 Å². The highest BCUT2D eigenvalue weighted by molar-refractivity contribution is 5.41. The highest BCUT2D eigenvalue weighted by atomic mass is 15.1. The first-order chi connectivity index (χ1) is 7.27. The molecule has 4 heteroatoms. The first-order valence-electron chi connectivity index (χ1n) is 4.91. The Kier molecular flexibility index (Phi) is 2.67. The van der Waals surface area contributed by atoms with E-state index in [-0.39, 0.29) is 6.04 Å². The molecule has 0 saturated heterocycles. The van der Waals surface area contributed by atoms with Crippen molar-refractivity contribution < 1.29 is 0 Å². The van der Waals surface area contributed by atoms with E-state index in [2.05, 4.69) is 22.2 Å². The second kappa shape index (κ2) is 4.13. The second-order valence-electron chi connectivity index (χ2n) is 3.50. The number of imidazole rings is 1. The van der Waals surface area contributed by atoms with Crippen molar-refractivity contribution >= 4 is 5.69 Å². The molecule has 0 aliphatic carbocycles. The third kappa shape index (κ3) is 2.15. The normalized spacial score (nSPS) is 12.4. The Hall–Kier alpha value is -1.84. The summed E-state index contributed by atoms with van der Waals surface area (Å²) < 4.78 is 2.01. The van der Waals surface area contributed by atoms with Crippen molar-refractivity contribution in [2.24, 2.45) is 7.05 Å². The Balaban J connectivity index is 2.11. The lowest BCUT2D eigenvalue weighted by molar-refractivity contribution is 0.721. The van der Waals surface area contributed by atoms with Crippen LogP contribution >= 0.6 is 0 Å². The number of hydrogen-bond donors (Lipinski definition) is 1. The third-order valence-electron chi connectivity index (χ3n) is 2.29. The van der Waals surface area contributed by atoms with Gasteiger partial charge >= 0.3 is 0 Å². The van der Waals surface area contributed by atoms with Crippen LogP contribution in [0.5, 0.6) is 0 Å². The SMILES string of the molecule is CC(Nc1cccnc1)c1nccn1C. The molecule has 0 aromatic carbocycles. The van der Waals surface area contributed by atoms with Crippen molar-refractivity contribution in [3.8, 4) is 0 Å². The number of pyridine rings is 1. The van der Waals surface area contributed by atoms with Crippen LogP contribution in [0.25, 0.3) is 0 Å². The molecule has 0 aliphatic heterocycles. The highest BCUT2D eigenvalue weighted by Gasteiger charge is 2.09. The zero-order chi connectivity index (χ0) is 10.7. The molecular weight excluding hydrogens is 188 g/mol. The van der Waals surface area contributed by atoms with Crippen LogP contribution in [-0.2, 0) is 7.05 Å². The van der Waals surface area contributed by atoms with Crippen LogP contribution in [0.2, 0.25) is 0 Å². The lowest BCUT2D eigenvalue weighted by atomic mass is 10.3. The quantitative estimate of drug-likeness (QED) is 0.827. The third-order valence-corrected chi connectivity index (χ3v) is 2.29. The predicted molar refractivity (Wildman–Crippen MR) is 59.5 cm³/mol. The summed E-state index contributed by atoms with van der Waals surface area (Å²) in [6.07, 6.45) is 7.31. The minimum Gasteiger partial charge on any atom is -0.374 e. The molecule has 0 saturated carbocycles. The van der Waals surface area contributed by atoms with Gasteiger partial charge in [-0.2, -0.15) is 0 Å². The van der Waals surface area contributed by atoms with Gasteiger partial charge in [0.2, 0.25) is 0 Å². The molecule has 0 bridgehead atoms. The maximum atomic E-state index is 4.29. The number of rotatable bonds is 3. The van der Waals surface area contributed by atoms with Crippen LogP contribution in [0.4, 0.5) is 5.69 Å². The molecule has 0 radical (unpaired) electrons. The van der Waals surface area contributed by atoms with E-state index in [0.717, 1.165) is 11.5 Å². The number of hydrogen-bond acceptors (Lipinski definition) is 3. The van der Waals surface area contributed by atoms with Gasteiger partial charge in [-0.3, -0.25) is 4.98 Å². The topological polar surface area (TPSA) is 42.7 Å². The Morgan fingerprint density at radius 1 is 1.40 bits per heavy atom. The Labute approximate surface area is 89.0 Å². The van der Waals surface area contributed by atoms with Crippen LogP contribution in [0.1, 0.15) is 18.8 Å². The van der Waals surface area contributed by atoms with Gasteiger partial charge in [0.05, 0.1) is 11.7 Å². The molecule has 0 amide bonds. The largest absolute Gasteiger partial charge is 0.374 e. The molecule has 0 aliphatic rings. The molecule has 2 heterocycles. The Bertz CT molecular complexity index is 421. The zero-order valence-electron chi connectivity index (χ0n) is 8.88. The molecule has 4 nitrogen and oxygen atoms in total. The summed E-state index contributed by atoms with van der Waals surface area (Å²) in [5, 5.41) is 3.34. The number of nitrogens with zero attached hydrogens (tertiary/aromatic N) is 3. The summed E-state index contributed by atoms with van der Waals surface area (Å²) in [6, 6.07) is 4.08. The molecule has 15 heavy (non-hydrogen) atoms. The second-order valence-corrected chi connectivity index (χ2v) is 3.50. The predicted octanol–water partition coefficient (Wildman–Crippen LogP) is 1.99. The smallest absolute Gasteiger partial charge is 0.130 e. The van der Waals surface area contributed by atoms with Crippen molar-refractivity contribution in [2.45, 2.75) is 13.0 Å². The van der Waals surface area contributed by atoms with Crippen LogP contribution in [0.15, 0.2) is 36.9 Å². The van der Waals surface area contributed by atoms with E-state index in [4.69, 9.17) is 0 Å². The van der Waals surface area contributed by atoms with E-state index in [1.165, 1.54) is 0 Å². The van der Waals surface area contributed by atoms with Gasteiger partial charge in [0.25, 0.3) is 0 Å². The summed E-state index contributed by atoms with van der Waals surface area (Å²) in [5.74, 6) is 1.01. The summed E-state index contributed by atoms with van der Waals surface area (Å²) in [5.41, 5.74) is 1.01. The van der Waals surface area contributed by atoms with Crippen LogP contribution < -0.4 is 5.32 Å². The van der Waals surface area contributed by atoms with Gasteiger partial charge in [0, 0.05) is 31.8 Å². The Morgan fingerprint density at radius 3 is 2.87 bits per heavy atom. The molecular formula is C11H14N4. The van der Waals surface area contributed by atoms with Gasteiger partial charge < -0.3 is 9.88 Å². The zero-order valence-corrected chi connectivity index (χ0v) is 8.88. The fraction of sp³-hybridized carbons (Fsp3) is 0.273. The number of aryl methyl sites for hydroxylation is 1. The molecule has 2 rings (SSSR count). The molecule has 0 fully saturated rings. The maximum absolute atomic E-state index is 4.29. The minimum atomic E-state index is 0.175. The first-order valence-corrected chi connectivity index (χ1v) is 4.91. The van der Waals surface area contributed by atoms with E-state index in [9.17, 15) is 0 Å². The van der Waals surface area contributed by atoms with Gasteiger partial charge in [-0.05, 0) is 19.1 Å². The summed E-state index contributed by atoms with van der Waals surface area (Å²) in [6.45, 7) is 2.08. The van der Waals surface area contributed by atoms with Crippen molar-refractivity contribution in [3.05, 3.63) is 42.7 Å². The van der Waals surface area contributed by atoms with E-state index >= 15 is 0 Å². The average molecular weight is 202 g/mol. The van der Waals surface area contributed by atoms with Crippen molar-refractivity contribution in [2.75, 3.05) is 5.32 Å². The van der Waals surface area contributed by atoms with Crippen molar-refractivity contribution in [1.82, 2.24) is 14.5 Å². The number of nitrogens with one attached hydrogen (secondary N) is 1. The lowest BCUT2D eigenvalue weighted by Gasteiger charge is -2.14. The molecule has 2 aromatic rings. The molecule has 2 aromatic heterocycles. The van der Waals surface area contributed by atoms with E-state index in [0.29, 0.717) is 0 Å². The van der Waals surface area contributed by atoms with Crippen LogP contribution in [0.3, 0.4) is 0 Å². The van der Waals surface area contributed by atoms with Crippen LogP contribution in [0, 0.1) is 0 Å². The lowest BCUT2D eigenvalue weighted by Crippen LogP contribution is -2.11. The first kappa shape index (κ1) is 9.71. The van der Waals surface area contributed by atoms with Crippen molar-refractivity contribution in [1.29, 1.82) is 0 Å². The molecule has 1 N–H and O–H groups in total. The van der Waals surface area contributed by atoms with Gasteiger partial charge in [-0.25, -0.2) is 4.98 Å². The van der Waals surface area contributed by atoms with E-state index in [1.807, 2.05) is 29.9 Å². The summed E-state index contributed by atoms with van der Waals surface area (Å²) in [7, 11) is 1.99. The fourth-order valence-corrected chi connectivity index (χ4v) is 1.56. The average Bonchev–Trinajstić information content (AvgIpc) is 2.66. The Morgan fingerprint density at radius 2 is 2.27 bits per heavy atom. The summed E-state index contributed by atoms with van der Waals surface area (Å²) in [4.78, 5) is 8.34. The number of aromatic nitrogens is 3. The molecule has 1 unspecified atom stereocenters. The van der Waals surface area contributed by atoms with E-state index < -0.39 is 0 Å². The molecule has 1 atom stereocenters. The summed E-state index contributed by atoms with van der Waals surface area (Å²) >= 11 is 0. The van der Waals surface area contributed by atoms with Gasteiger partial charge in [-0.1, -0.05) is 0 Å². The maximum Gasteiger partial charge on any atom is 0.130 e. The van der Waals surface area contributed by atoms with E-state index in [1.54, 1.807) is 18.6 Å². The van der Waals surface area contributed by atoms with Gasteiger partial charge in [0.1, 0.15) is 5.82 Å². The number of anilines is 1. The molecule has 78 valence electrons. The van der Waals surface area contributed by atoms with Gasteiger partial charge in [0.15, 0.2) is 0 Å². The van der Waals surface area contributed by atoms with Crippen LogP contribution in [-0.4, -0.2) is 14.5 Å². The fourth-order valence-electron chi connectivity index (χ4n) is 1.56. The monoisotopic (exact) mass is 202 g/mol. The minimum absolute atomic E-state index is 0.175. The molecule has 0 spiro atoms. The highest BCUT2D eigenvalue weighted by Crippen LogP contribution is 2.15.